The van der Waals surface area contributed by atoms with Gasteiger partial charge in [-0.05, 0) is 19.1 Å². The lowest BCUT2D eigenvalue weighted by Crippen LogP contribution is -2.38. The molecule has 1 atom stereocenters. The minimum atomic E-state index is 0.0876. The number of rotatable bonds is 3. The molecule has 0 unspecified atom stereocenters. The molecule has 1 amide bonds. The molecule has 0 aliphatic carbocycles. The van der Waals surface area contributed by atoms with Gasteiger partial charge in [0.2, 0.25) is 5.91 Å². The van der Waals surface area contributed by atoms with Crippen molar-refractivity contribution in [2.24, 2.45) is 0 Å². The van der Waals surface area contributed by atoms with Crippen LogP contribution in [0.25, 0.3) is 0 Å². The van der Waals surface area contributed by atoms with E-state index in [0.717, 1.165) is 19.4 Å². The molecule has 0 aromatic rings. The predicted molar refractivity (Wildman–Crippen MR) is 50.2 cm³/mol. The van der Waals surface area contributed by atoms with Gasteiger partial charge in [0, 0.05) is 6.54 Å². The Hall–Kier alpha value is -0.220. The second kappa shape index (κ2) is 4.72. The highest BCUT2D eigenvalue weighted by atomic mass is 32.2. The number of likely N-dealkylation sites (tertiary alicyclic amines) is 1. The second-order valence-electron chi connectivity index (χ2n) is 3.00. The first-order valence-electron chi connectivity index (χ1n) is 4.19. The van der Waals surface area contributed by atoms with Gasteiger partial charge in [0.25, 0.3) is 0 Å². The Balaban J connectivity index is 2.43. The Labute approximate surface area is 77.1 Å². The molecule has 1 aliphatic heterocycles. The van der Waals surface area contributed by atoms with Gasteiger partial charge < -0.3 is 10.0 Å². The lowest BCUT2D eigenvalue weighted by atomic mass is 10.2. The van der Waals surface area contributed by atoms with Crippen molar-refractivity contribution < 1.29 is 9.90 Å². The molecule has 1 saturated heterocycles. The lowest BCUT2D eigenvalue weighted by Gasteiger charge is -2.22. The molecule has 0 aromatic carbocycles. The highest BCUT2D eigenvalue weighted by Gasteiger charge is 2.27. The van der Waals surface area contributed by atoms with Gasteiger partial charge in [0.15, 0.2) is 0 Å². The molecule has 1 fully saturated rings. The Morgan fingerprint density at radius 3 is 3.08 bits per heavy atom. The van der Waals surface area contributed by atoms with Crippen molar-refractivity contribution in [1.29, 1.82) is 0 Å². The number of nitrogens with zero attached hydrogens (tertiary/aromatic N) is 1. The Bertz CT molecular complexity index is 163. The Morgan fingerprint density at radius 1 is 1.75 bits per heavy atom. The number of hydrogen-bond acceptors (Lipinski definition) is 3. The van der Waals surface area contributed by atoms with Gasteiger partial charge in [0.05, 0.1) is 18.4 Å². The normalized spacial score (nSPS) is 23.2. The highest BCUT2D eigenvalue weighted by molar-refractivity contribution is 7.99. The summed E-state index contributed by atoms with van der Waals surface area (Å²) in [6.07, 6.45) is 3.91. The van der Waals surface area contributed by atoms with Gasteiger partial charge in [-0.3, -0.25) is 4.79 Å². The number of thioether (sulfide) groups is 1. The molecule has 0 bridgehead atoms. The fraction of sp³-hybridized carbons (Fsp3) is 0.875. The third-order valence-corrected chi connectivity index (χ3v) is 2.71. The smallest absolute Gasteiger partial charge is 0.232 e. The van der Waals surface area contributed by atoms with Crippen molar-refractivity contribution >= 4 is 17.7 Å². The summed E-state index contributed by atoms with van der Waals surface area (Å²) in [5, 5.41) is 8.95. The van der Waals surface area contributed by atoms with Gasteiger partial charge in [0.1, 0.15) is 0 Å². The molecule has 0 spiro atoms. The van der Waals surface area contributed by atoms with Crippen LogP contribution in [0.15, 0.2) is 0 Å². The summed E-state index contributed by atoms with van der Waals surface area (Å²) in [6.45, 7) is 0.935. The number of aliphatic hydroxyl groups excluding tert-OH is 1. The average molecular weight is 189 g/mol. The fourth-order valence-electron chi connectivity index (χ4n) is 1.56. The monoisotopic (exact) mass is 189 g/mol. The first-order valence-corrected chi connectivity index (χ1v) is 5.58. The largest absolute Gasteiger partial charge is 0.394 e. The van der Waals surface area contributed by atoms with Crippen molar-refractivity contribution in [1.82, 2.24) is 4.90 Å². The molecule has 4 heteroatoms. The van der Waals surface area contributed by atoms with Crippen LogP contribution in [0.1, 0.15) is 12.8 Å². The fourth-order valence-corrected chi connectivity index (χ4v) is 1.97. The summed E-state index contributed by atoms with van der Waals surface area (Å²) in [7, 11) is 0. The molecule has 1 heterocycles. The van der Waals surface area contributed by atoms with E-state index in [1.165, 1.54) is 11.8 Å². The first-order chi connectivity index (χ1) is 5.79. The quantitative estimate of drug-likeness (QED) is 0.695. The van der Waals surface area contributed by atoms with E-state index in [1.54, 1.807) is 4.90 Å². The van der Waals surface area contributed by atoms with Crippen LogP contribution in [0.3, 0.4) is 0 Å². The zero-order chi connectivity index (χ0) is 8.97. The van der Waals surface area contributed by atoms with Crippen molar-refractivity contribution in [3.05, 3.63) is 0 Å². The first kappa shape index (κ1) is 9.86. The summed E-state index contributed by atoms with van der Waals surface area (Å²) in [4.78, 5) is 13.2. The van der Waals surface area contributed by atoms with Gasteiger partial charge in [-0.25, -0.2) is 0 Å². The second-order valence-corrected chi connectivity index (χ2v) is 3.86. The summed E-state index contributed by atoms with van der Waals surface area (Å²) in [5.74, 6) is 0.704. The lowest BCUT2D eigenvalue weighted by molar-refractivity contribution is -0.129. The number of aliphatic hydroxyl groups is 1. The summed E-state index contributed by atoms with van der Waals surface area (Å²) in [5.41, 5.74) is 0. The zero-order valence-corrected chi connectivity index (χ0v) is 8.14. The summed E-state index contributed by atoms with van der Waals surface area (Å²) < 4.78 is 0. The van der Waals surface area contributed by atoms with Crippen LogP contribution in [-0.4, -0.2) is 47.1 Å². The number of carbonyl (C=O) groups is 1. The maximum Gasteiger partial charge on any atom is 0.232 e. The van der Waals surface area contributed by atoms with E-state index in [4.69, 9.17) is 5.11 Å². The van der Waals surface area contributed by atoms with E-state index >= 15 is 0 Å². The van der Waals surface area contributed by atoms with Crippen molar-refractivity contribution in [3.63, 3.8) is 0 Å². The molecular weight excluding hydrogens is 174 g/mol. The predicted octanol–water partition coefficient (Wildman–Crippen LogP) is 0.333. The van der Waals surface area contributed by atoms with Crippen LogP contribution in [0.5, 0.6) is 0 Å². The third kappa shape index (κ3) is 2.14. The zero-order valence-electron chi connectivity index (χ0n) is 7.32. The molecule has 12 heavy (non-hydrogen) atoms. The van der Waals surface area contributed by atoms with Crippen LogP contribution in [-0.2, 0) is 4.79 Å². The van der Waals surface area contributed by atoms with Crippen LogP contribution < -0.4 is 0 Å². The molecule has 1 aliphatic rings. The SMILES string of the molecule is CSCC(=O)N1CCC[C@@H]1CO. The number of hydrogen-bond donors (Lipinski definition) is 1. The van der Waals surface area contributed by atoms with Crippen LogP contribution in [0.4, 0.5) is 0 Å². The number of carbonyl (C=O) groups excluding carboxylic acids is 1. The Morgan fingerprint density at radius 2 is 2.50 bits per heavy atom. The van der Waals surface area contributed by atoms with Gasteiger partial charge in [-0.1, -0.05) is 0 Å². The van der Waals surface area contributed by atoms with Gasteiger partial charge in [-0.2, -0.15) is 11.8 Å². The summed E-state index contributed by atoms with van der Waals surface area (Å²) >= 11 is 1.54. The van der Waals surface area contributed by atoms with Crippen molar-refractivity contribution in [2.75, 3.05) is 25.2 Å². The van der Waals surface area contributed by atoms with E-state index in [9.17, 15) is 4.79 Å². The molecule has 70 valence electrons. The van der Waals surface area contributed by atoms with E-state index in [0.29, 0.717) is 5.75 Å². The maximum atomic E-state index is 11.4. The van der Waals surface area contributed by atoms with E-state index in [2.05, 4.69) is 0 Å². The molecule has 1 rings (SSSR count). The van der Waals surface area contributed by atoms with Crippen LogP contribution >= 0.6 is 11.8 Å². The van der Waals surface area contributed by atoms with Gasteiger partial charge >= 0.3 is 0 Å². The number of amides is 1. The molecule has 3 nitrogen and oxygen atoms in total. The standard InChI is InChI=1S/C8H15NO2S/c1-12-6-8(11)9-4-2-3-7(9)5-10/h7,10H,2-6H2,1H3/t7-/m1/s1. The van der Waals surface area contributed by atoms with Crippen LogP contribution in [0, 0.1) is 0 Å². The maximum absolute atomic E-state index is 11.4. The summed E-state index contributed by atoms with van der Waals surface area (Å²) in [6, 6.07) is 0.0876. The van der Waals surface area contributed by atoms with Crippen molar-refractivity contribution in [3.8, 4) is 0 Å². The topological polar surface area (TPSA) is 40.5 Å². The molecule has 1 N–H and O–H groups in total. The molecule has 0 saturated carbocycles. The highest BCUT2D eigenvalue weighted by Crippen LogP contribution is 2.17. The Kier molecular flexibility index (Phi) is 3.88. The minimum Gasteiger partial charge on any atom is -0.394 e. The van der Waals surface area contributed by atoms with Crippen molar-refractivity contribution in [2.45, 2.75) is 18.9 Å². The van der Waals surface area contributed by atoms with E-state index < -0.39 is 0 Å². The minimum absolute atomic E-state index is 0.0876. The van der Waals surface area contributed by atoms with E-state index in [-0.39, 0.29) is 18.6 Å². The molecule has 0 aromatic heterocycles. The third-order valence-electron chi connectivity index (χ3n) is 2.18. The van der Waals surface area contributed by atoms with Crippen LogP contribution in [0.2, 0.25) is 0 Å². The molecular formula is C8H15NO2S. The van der Waals surface area contributed by atoms with Gasteiger partial charge in [-0.15, -0.1) is 0 Å². The van der Waals surface area contributed by atoms with E-state index in [1.807, 2.05) is 6.26 Å². The average Bonchev–Trinajstić information content (AvgIpc) is 2.51. The molecule has 0 radical (unpaired) electrons.